The molecule has 23 heavy (non-hydrogen) atoms. The lowest BCUT2D eigenvalue weighted by Gasteiger charge is -2.26. The summed E-state index contributed by atoms with van der Waals surface area (Å²) in [6.45, 7) is 1.92. The van der Waals surface area contributed by atoms with Crippen LogP contribution in [-0.4, -0.2) is 5.71 Å². The Balaban J connectivity index is 2.23. The highest BCUT2D eigenvalue weighted by atomic mass is 14.8. The quantitative estimate of drug-likeness (QED) is 0.834. The molecule has 0 N–H and O–H groups in total. The van der Waals surface area contributed by atoms with Crippen LogP contribution in [0, 0.1) is 34.5 Å². The lowest BCUT2D eigenvalue weighted by Crippen LogP contribution is -2.27. The van der Waals surface area contributed by atoms with E-state index < -0.39 is 5.92 Å². The molecule has 3 heteroatoms. The number of nitrogens with zero attached hydrogens (tertiary/aromatic N) is 3. The fourth-order valence-electron chi connectivity index (χ4n) is 2.87. The van der Waals surface area contributed by atoms with Gasteiger partial charge in [-0.25, -0.2) is 4.99 Å². The van der Waals surface area contributed by atoms with Crippen LogP contribution in [0.2, 0.25) is 0 Å². The van der Waals surface area contributed by atoms with Gasteiger partial charge in [0.2, 0.25) is 0 Å². The van der Waals surface area contributed by atoms with Gasteiger partial charge < -0.3 is 0 Å². The highest BCUT2D eigenvalue weighted by Gasteiger charge is 2.33. The lowest BCUT2D eigenvalue weighted by atomic mass is 9.79. The van der Waals surface area contributed by atoms with Crippen LogP contribution >= 0.6 is 0 Å². The van der Waals surface area contributed by atoms with E-state index in [1.54, 1.807) is 0 Å². The van der Waals surface area contributed by atoms with Crippen molar-refractivity contribution in [2.75, 3.05) is 0 Å². The Morgan fingerprint density at radius 2 is 1.43 bits per heavy atom. The number of rotatable bonds is 2. The van der Waals surface area contributed by atoms with Gasteiger partial charge in [0.1, 0.15) is 0 Å². The van der Waals surface area contributed by atoms with Crippen molar-refractivity contribution in [1.82, 2.24) is 0 Å². The summed E-state index contributed by atoms with van der Waals surface area (Å²) in [5, 5.41) is 19.2. The number of allylic oxidation sites excluding steroid dienone is 1. The molecule has 110 valence electrons. The number of nitriles is 2. The van der Waals surface area contributed by atoms with Gasteiger partial charge in [-0.1, -0.05) is 67.6 Å². The predicted molar refractivity (Wildman–Crippen MR) is 90.2 cm³/mol. The summed E-state index contributed by atoms with van der Waals surface area (Å²) in [6, 6.07) is 24.0. The minimum atomic E-state index is -0.417. The molecule has 0 saturated heterocycles. The Morgan fingerprint density at radius 1 is 0.870 bits per heavy atom. The van der Waals surface area contributed by atoms with Crippen molar-refractivity contribution >= 4 is 11.4 Å². The summed E-state index contributed by atoms with van der Waals surface area (Å²) >= 11 is 0. The normalized spacial score (nSPS) is 20.4. The first-order valence-corrected chi connectivity index (χ1v) is 7.49. The molecule has 1 aliphatic rings. The highest BCUT2D eigenvalue weighted by Crippen LogP contribution is 2.36. The number of hydrogen-bond acceptors (Lipinski definition) is 3. The van der Waals surface area contributed by atoms with Crippen LogP contribution in [0.5, 0.6) is 0 Å². The molecule has 0 amide bonds. The predicted octanol–water partition coefficient (Wildman–Crippen LogP) is 4.20. The third kappa shape index (κ3) is 2.65. The van der Waals surface area contributed by atoms with E-state index in [0.717, 1.165) is 16.8 Å². The van der Waals surface area contributed by atoms with Crippen LogP contribution in [0.15, 0.2) is 71.2 Å². The summed E-state index contributed by atoms with van der Waals surface area (Å²) in [4.78, 5) is 4.73. The summed E-state index contributed by atoms with van der Waals surface area (Å²) in [6.07, 6.45) is 0. The first kappa shape index (κ1) is 14.8. The van der Waals surface area contributed by atoms with Gasteiger partial charge in [-0.2, -0.15) is 10.5 Å². The minimum absolute atomic E-state index is 0.187. The average molecular weight is 297 g/mol. The maximum absolute atomic E-state index is 9.60. The molecular weight excluding hydrogens is 282 g/mol. The van der Waals surface area contributed by atoms with Gasteiger partial charge in [-0.05, 0) is 5.56 Å². The monoisotopic (exact) mass is 297 g/mol. The Kier molecular flexibility index (Phi) is 4.04. The second kappa shape index (κ2) is 6.30. The van der Waals surface area contributed by atoms with Crippen molar-refractivity contribution in [1.29, 1.82) is 10.5 Å². The van der Waals surface area contributed by atoms with Crippen molar-refractivity contribution in [2.24, 2.45) is 16.8 Å². The van der Waals surface area contributed by atoms with Gasteiger partial charge in [0.05, 0.1) is 35.0 Å². The molecule has 0 radical (unpaired) electrons. The molecule has 1 heterocycles. The summed E-state index contributed by atoms with van der Waals surface area (Å²) in [7, 11) is 0. The molecule has 2 aromatic carbocycles. The molecule has 3 rings (SSSR count). The largest absolute Gasteiger partial charge is 0.250 e. The number of hydrogen-bond donors (Lipinski definition) is 0. The van der Waals surface area contributed by atoms with E-state index in [0.29, 0.717) is 11.3 Å². The SMILES string of the molecule is CC1C(C#N)=C(c2ccccc2)N=C(c2ccccc2)C1C#N. The zero-order chi connectivity index (χ0) is 16.2. The van der Waals surface area contributed by atoms with E-state index in [1.807, 2.05) is 67.6 Å². The van der Waals surface area contributed by atoms with E-state index in [9.17, 15) is 10.5 Å². The van der Waals surface area contributed by atoms with Gasteiger partial charge in [-0.15, -0.1) is 0 Å². The van der Waals surface area contributed by atoms with E-state index >= 15 is 0 Å². The molecule has 2 unspecified atom stereocenters. The molecule has 0 spiro atoms. The van der Waals surface area contributed by atoms with Gasteiger partial charge in [0, 0.05) is 11.5 Å². The molecule has 0 aromatic heterocycles. The van der Waals surface area contributed by atoms with Crippen LogP contribution in [0.3, 0.4) is 0 Å². The van der Waals surface area contributed by atoms with Gasteiger partial charge in [0.15, 0.2) is 0 Å². The molecule has 0 bridgehead atoms. The maximum Gasteiger partial charge on any atom is 0.0973 e. The van der Waals surface area contributed by atoms with Crippen molar-refractivity contribution in [2.45, 2.75) is 6.92 Å². The molecule has 0 aliphatic carbocycles. The Bertz CT molecular complexity index is 849. The summed E-state index contributed by atoms with van der Waals surface area (Å²) in [5.41, 5.74) is 3.81. The Morgan fingerprint density at radius 3 is 1.96 bits per heavy atom. The topological polar surface area (TPSA) is 59.9 Å². The number of aliphatic imine (C=N–C) groups is 1. The summed E-state index contributed by atoms with van der Waals surface area (Å²) < 4.78 is 0. The second-order valence-electron chi connectivity index (χ2n) is 5.50. The fraction of sp³-hybridized carbons (Fsp3) is 0.150. The van der Waals surface area contributed by atoms with Gasteiger partial charge >= 0.3 is 0 Å². The standard InChI is InChI=1S/C20H15N3/c1-14-17(12-21)19(15-8-4-2-5-9-15)23-20(18(14)13-22)16-10-6-3-7-11-16/h2-11,14,17H,1H3. The molecule has 1 aliphatic heterocycles. The Labute approximate surface area is 135 Å². The van der Waals surface area contributed by atoms with Crippen LogP contribution in [-0.2, 0) is 0 Å². The molecule has 3 nitrogen and oxygen atoms in total. The second-order valence-corrected chi connectivity index (χ2v) is 5.50. The van der Waals surface area contributed by atoms with Crippen LogP contribution in [0.1, 0.15) is 18.1 Å². The maximum atomic E-state index is 9.60. The van der Waals surface area contributed by atoms with Crippen molar-refractivity contribution < 1.29 is 0 Å². The highest BCUT2D eigenvalue weighted by molar-refractivity contribution is 6.08. The lowest BCUT2D eigenvalue weighted by molar-refractivity contribution is 0.624. The Hall–Kier alpha value is -3.17. The minimum Gasteiger partial charge on any atom is -0.250 e. The first-order valence-electron chi connectivity index (χ1n) is 7.49. The van der Waals surface area contributed by atoms with E-state index in [4.69, 9.17) is 4.99 Å². The zero-order valence-electron chi connectivity index (χ0n) is 12.8. The molecule has 2 aromatic rings. The van der Waals surface area contributed by atoms with E-state index in [1.165, 1.54) is 0 Å². The van der Waals surface area contributed by atoms with Crippen molar-refractivity contribution in [3.63, 3.8) is 0 Å². The summed E-state index contributed by atoms with van der Waals surface area (Å²) in [5.74, 6) is -0.604. The van der Waals surface area contributed by atoms with Gasteiger partial charge in [-0.3, -0.25) is 0 Å². The molecule has 2 atom stereocenters. The average Bonchev–Trinajstić information content (AvgIpc) is 2.62. The zero-order valence-corrected chi connectivity index (χ0v) is 12.8. The van der Waals surface area contributed by atoms with Crippen LogP contribution < -0.4 is 0 Å². The molecular formula is C20H15N3. The first-order chi connectivity index (χ1) is 11.3. The third-order valence-electron chi connectivity index (χ3n) is 4.11. The smallest absolute Gasteiger partial charge is 0.0973 e. The van der Waals surface area contributed by atoms with Crippen molar-refractivity contribution in [3.05, 3.63) is 77.4 Å². The number of benzene rings is 2. The van der Waals surface area contributed by atoms with Crippen LogP contribution in [0.4, 0.5) is 0 Å². The fourth-order valence-corrected chi connectivity index (χ4v) is 2.87. The molecule has 0 fully saturated rings. The molecule has 0 saturated carbocycles. The van der Waals surface area contributed by atoms with Gasteiger partial charge in [0.25, 0.3) is 0 Å². The van der Waals surface area contributed by atoms with Crippen LogP contribution in [0.25, 0.3) is 5.70 Å². The van der Waals surface area contributed by atoms with Crippen molar-refractivity contribution in [3.8, 4) is 12.1 Å². The van der Waals surface area contributed by atoms with E-state index in [-0.39, 0.29) is 5.92 Å². The third-order valence-corrected chi connectivity index (χ3v) is 4.11. The van der Waals surface area contributed by atoms with E-state index in [2.05, 4.69) is 12.1 Å².